The number of hydrogen-bond donors (Lipinski definition) is 0. The van der Waals surface area contributed by atoms with Crippen LogP contribution in [0.5, 0.6) is 0 Å². The molecule has 4 atom stereocenters. The second kappa shape index (κ2) is 10.8. The zero-order valence-electron chi connectivity index (χ0n) is 23.2. The summed E-state index contributed by atoms with van der Waals surface area (Å²) in [4.78, 5) is 51.1. The first-order valence-corrected chi connectivity index (χ1v) is 14.1. The van der Waals surface area contributed by atoms with Crippen LogP contribution in [0, 0.1) is 5.82 Å². The second-order valence-corrected chi connectivity index (χ2v) is 11.2. The Kier molecular flexibility index (Phi) is 7.26. The van der Waals surface area contributed by atoms with Gasteiger partial charge in [0.1, 0.15) is 18.5 Å². The number of carbonyl (C=O) groups excluding carboxylic acids is 3. The Bertz CT molecular complexity index is 1580. The molecule has 0 unspecified atom stereocenters. The van der Waals surface area contributed by atoms with Gasteiger partial charge in [-0.05, 0) is 36.6 Å². The van der Waals surface area contributed by atoms with Gasteiger partial charge in [-0.2, -0.15) is 9.97 Å². The lowest BCUT2D eigenvalue weighted by Gasteiger charge is -2.25. The fourth-order valence-electron chi connectivity index (χ4n) is 6.55. The number of imidazole rings is 1. The molecule has 1 spiro atoms. The van der Waals surface area contributed by atoms with Crippen molar-refractivity contribution in [3.8, 4) is 0 Å². The van der Waals surface area contributed by atoms with Crippen LogP contribution < -0.4 is 4.90 Å². The maximum absolute atomic E-state index is 15.3. The molecule has 2 fully saturated rings. The minimum Gasteiger partial charge on any atom is -0.463 e. The van der Waals surface area contributed by atoms with E-state index in [-0.39, 0.29) is 28.8 Å². The van der Waals surface area contributed by atoms with Crippen LogP contribution in [0.2, 0.25) is 5.28 Å². The molecule has 3 aromatic rings. The van der Waals surface area contributed by atoms with Crippen molar-refractivity contribution >= 4 is 52.2 Å². The van der Waals surface area contributed by atoms with Crippen LogP contribution in [0.25, 0.3) is 11.2 Å². The summed E-state index contributed by atoms with van der Waals surface area (Å²) in [5.74, 6) is -1.70. The minimum absolute atomic E-state index is 0.0837. The monoisotopic (exact) mass is 601 g/mol. The number of anilines is 2. The molecule has 0 N–H and O–H groups in total. The maximum Gasteiger partial charge on any atom is 0.303 e. The molecule has 0 bridgehead atoms. The number of aromatic nitrogens is 4. The molecule has 1 aromatic carbocycles. The van der Waals surface area contributed by atoms with Gasteiger partial charge in [0.25, 0.3) is 0 Å². The lowest BCUT2D eigenvalue weighted by molar-refractivity contribution is -0.166. The van der Waals surface area contributed by atoms with Gasteiger partial charge in [0.2, 0.25) is 5.28 Å². The fraction of sp³-hybridized carbons (Fsp3) is 0.500. The highest BCUT2D eigenvalue weighted by Crippen LogP contribution is 2.53. The first kappa shape index (κ1) is 28.3. The smallest absolute Gasteiger partial charge is 0.303 e. The Labute approximate surface area is 245 Å². The summed E-state index contributed by atoms with van der Waals surface area (Å²) in [6.07, 6.45) is 0.891. The van der Waals surface area contributed by atoms with E-state index in [4.69, 9.17) is 30.5 Å². The van der Waals surface area contributed by atoms with Gasteiger partial charge < -0.3 is 23.8 Å². The zero-order valence-corrected chi connectivity index (χ0v) is 24.0. The minimum atomic E-state index is -1.13. The van der Waals surface area contributed by atoms with E-state index in [9.17, 15) is 14.4 Å². The molecule has 222 valence electrons. The van der Waals surface area contributed by atoms with Crippen molar-refractivity contribution in [3.05, 3.63) is 41.2 Å². The number of rotatable bonds is 6. The number of benzene rings is 1. The van der Waals surface area contributed by atoms with Crippen LogP contribution in [0.4, 0.5) is 15.9 Å². The topological polar surface area (TPSA) is 135 Å². The van der Waals surface area contributed by atoms with Crippen LogP contribution in [-0.2, 0) is 38.7 Å². The molecule has 2 aliphatic heterocycles. The van der Waals surface area contributed by atoms with Gasteiger partial charge >= 0.3 is 17.9 Å². The second-order valence-electron chi connectivity index (χ2n) is 10.9. The molecule has 0 amide bonds. The van der Waals surface area contributed by atoms with E-state index in [1.807, 2.05) is 11.0 Å². The number of esters is 3. The van der Waals surface area contributed by atoms with Crippen LogP contribution >= 0.6 is 11.6 Å². The predicted octanol–water partition coefficient (Wildman–Crippen LogP) is 3.91. The van der Waals surface area contributed by atoms with Crippen molar-refractivity contribution in [2.75, 3.05) is 18.1 Å². The molecular formula is C28H29ClFN5O7. The van der Waals surface area contributed by atoms with Gasteiger partial charge in [0, 0.05) is 44.0 Å². The molecular weight excluding hydrogens is 573 g/mol. The number of carbonyl (C=O) groups is 3. The highest BCUT2D eigenvalue weighted by Gasteiger charge is 2.52. The molecule has 42 heavy (non-hydrogen) atoms. The predicted molar refractivity (Wildman–Crippen MR) is 146 cm³/mol. The van der Waals surface area contributed by atoms with E-state index in [0.717, 1.165) is 25.7 Å². The average Bonchev–Trinajstić information content (AvgIpc) is 3.69. The highest BCUT2D eigenvalue weighted by molar-refractivity contribution is 6.28. The largest absolute Gasteiger partial charge is 0.463 e. The molecule has 0 radical (unpaired) electrons. The van der Waals surface area contributed by atoms with Crippen LogP contribution in [0.1, 0.15) is 58.2 Å². The van der Waals surface area contributed by atoms with Gasteiger partial charge in [0.15, 0.2) is 35.4 Å². The quantitative estimate of drug-likeness (QED) is 0.231. The molecule has 1 aliphatic carbocycles. The number of hydrogen-bond acceptors (Lipinski definition) is 11. The Hall–Kier alpha value is -3.84. The van der Waals surface area contributed by atoms with Crippen molar-refractivity contribution in [2.45, 2.75) is 76.4 Å². The highest BCUT2D eigenvalue weighted by atomic mass is 35.5. The van der Waals surface area contributed by atoms with Crippen molar-refractivity contribution in [1.29, 1.82) is 0 Å². The molecule has 12 nitrogen and oxygen atoms in total. The molecule has 14 heteroatoms. The Balaban J connectivity index is 1.44. The third-order valence-electron chi connectivity index (χ3n) is 8.08. The normalized spacial score (nSPS) is 24.3. The van der Waals surface area contributed by atoms with Crippen LogP contribution in [0.15, 0.2) is 24.5 Å². The Morgan fingerprint density at radius 2 is 1.79 bits per heavy atom. The Morgan fingerprint density at radius 1 is 1.07 bits per heavy atom. The summed E-state index contributed by atoms with van der Waals surface area (Å²) >= 11 is 6.46. The standard InChI is InChI=1S/C28H29ClFN5O7/c1-14(36)39-11-19-22(40-15(2)37)23(41-16(3)38)26(42-19)35-13-31-21-24(32-27(29)33-25(21)35)34-12-28(9-4-5-10-28)20-17(30)7-6-8-18(20)34/h6-8,13,19,22-23,26H,4-5,9-12H2,1-3H3/t19-,22-,23-,26-/m1/s1. The van der Waals surface area contributed by atoms with E-state index in [1.54, 1.807) is 6.07 Å². The van der Waals surface area contributed by atoms with Crippen molar-refractivity contribution in [3.63, 3.8) is 0 Å². The van der Waals surface area contributed by atoms with E-state index in [1.165, 1.54) is 37.7 Å². The molecule has 1 saturated heterocycles. The number of nitrogens with zero attached hydrogens (tertiary/aromatic N) is 5. The van der Waals surface area contributed by atoms with Crippen LogP contribution in [-0.4, -0.2) is 68.9 Å². The third-order valence-corrected chi connectivity index (χ3v) is 8.25. The van der Waals surface area contributed by atoms with Gasteiger partial charge in [0.05, 0.1) is 6.33 Å². The van der Waals surface area contributed by atoms with Gasteiger partial charge in [-0.3, -0.25) is 19.0 Å². The van der Waals surface area contributed by atoms with E-state index in [0.29, 0.717) is 29.1 Å². The summed E-state index contributed by atoms with van der Waals surface area (Å²) in [6, 6.07) is 5.02. The van der Waals surface area contributed by atoms with E-state index < -0.39 is 42.4 Å². The van der Waals surface area contributed by atoms with E-state index >= 15 is 4.39 Å². The zero-order chi connectivity index (χ0) is 29.8. The summed E-state index contributed by atoms with van der Waals surface area (Å²) < 4.78 is 39.1. The average molecular weight is 602 g/mol. The number of halogens is 2. The first-order valence-electron chi connectivity index (χ1n) is 13.7. The van der Waals surface area contributed by atoms with Crippen molar-refractivity contribution in [1.82, 2.24) is 19.5 Å². The maximum atomic E-state index is 15.3. The summed E-state index contributed by atoms with van der Waals surface area (Å²) in [5, 5.41) is -0.0837. The number of fused-ring (bicyclic) bond motifs is 3. The lowest BCUT2D eigenvalue weighted by atomic mass is 9.80. The summed E-state index contributed by atoms with van der Waals surface area (Å²) in [7, 11) is 0. The van der Waals surface area contributed by atoms with Crippen LogP contribution in [0.3, 0.4) is 0 Å². The summed E-state index contributed by atoms with van der Waals surface area (Å²) in [6.45, 7) is 3.91. The number of ether oxygens (including phenoxy) is 4. The lowest BCUT2D eigenvalue weighted by Crippen LogP contribution is -2.40. The SMILES string of the molecule is CC(=O)OC[C@H]1O[C@@H](n2cnc3c(N4CC5(CCCC5)c5c(F)cccc54)nc(Cl)nc32)[C@H](OC(C)=O)[C@@H]1OC(C)=O. The fourth-order valence-corrected chi connectivity index (χ4v) is 6.71. The molecule has 4 heterocycles. The van der Waals surface area contributed by atoms with E-state index in [2.05, 4.69) is 15.0 Å². The third kappa shape index (κ3) is 4.83. The first-order chi connectivity index (χ1) is 20.1. The van der Waals surface area contributed by atoms with Gasteiger partial charge in [-0.1, -0.05) is 18.9 Å². The van der Waals surface area contributed by atoms with Crippen molar-refractivity contribution in [2.24, 2.45) is 0 Å². The summed E-state index contributed by atoms with van der Waals surface area (Å²) in [5.41, 5.74) is 1.66. The van der Waals surface area contributed by atoms with Crippen molar-refractivity contribution < 1.29 is 37.7 Å². The molecule has 2 aromatic heterocycles. The molecule has 3 aliphatic rings. The Morgan fingerprint density at radius 3 is 2.48 bits per heavy atom. The molecule has 6 rings (SSSR count). The van der Waals surface area contributed by atoms with Gasteiger partial charge in [-0.25, -0.2) is 9.37 Å². The van der Waals surface area contributed by atoms with Gasteiger partial charge in [-0.15, -0.1) is 0 Å². The molecule has 1 saturated carbocycles.